The molecule has 1 unspecified atom stereocenters. The highest BCUT2D eigenvalue weighted by Gasteiger charge is 2.22. The van der Waals surface area contributed by atoms with E-state index in [4.69, 9.17) is 4.74 Å². The molecule has 0 aromatic heterocycles. The van der Waals surface area contributed by atoms with Gasteiger partial charge in [-0.15, -0.1) is 0 Å². The molecular weight excluding hydrogens is 200 g/mol. The molecule has 1 aromatic rings. The molecule has 3 nitrogen and oxygen atoms in total. The van der Waals surface area contributed by atoms with Crippen LogP contribution in [0, 0.1) is 0 Å². The van der Waals surface area contributed by atoms with Gasteiger partial charge < -0.3 is 15.0 Å². The second kappa shape index (κ2) is 4.74. The normalized spacial score (nSPS) is 19.4. The molecule has 1 aromatic carbocycles. The molecule has 88 valence electrons. The van der Waals surface area contributed by atoms with Crippen LogP contribution < -0.4 is 15.0 Å². The van der Waals surface area contributed by atoms with Crippen molar-refractivity contribution >= 4 is 5.69 Å². The average Bonchev–Trinajstić information content (AvgIpc) is 2.33. The standard InChI is InChI=1S/C13H20N2O/c1-14-9-11-6-4-10-5-7-12(16-3)8-13(10)15(11)2/h5,7-8,11,14H,4,6,9H2,1-3H3. The van der Waals surface area contributed by atoms with Gasteiger partial charge in [-0.1, -0.05) is 6.07 Å². The third-order valence-electron chi connectivity index (χ3n) is 3.41. The van der Waals surface area contributed by atoms with E-state index in [1.165, 1.54) is 17.7 Å². The zero-order valence-corrected chi connectivity index (χ0v) is 10.3. The van der Waals surface area contributed by atoms with E-state index < -0.39 is 0 Å². The maximum Gasteiger partial charge on any atom is 0.120 e. The molecule has 1 aliphatic rings. The van der Waals surface area contributed by atoms with Crippen LogP contribution in [0.25, 0.3) is 0 Å². The second-order valence-corrected chi connectivity index (χ2v) is 4.36. The summed E-state index contributed by atoms with van der Waals surface area (Å²) in [7, 11) is 5.89. The zero-order chi connectivity index (χ0) is 11.5. The Kier molecular flexibility index (Phi) is 3.34. The molecule has 0 spiro atoms. The van der Waals surface area contributed by atoms with E-state index in [9.17, 15) is 0 Å². The Balaban J connectivity index is 2.27. The number of hydrogen-bond acceptors (Lipinski definition) is 3. The van der Waals surface area contributed by atoms with Crippen molar-refractivity contribution in [1.82, 2.24) is 5.32 Å². The van der Waals surface area contributed by atoms with Crippen LogP contribution in [0.1, 0.15) is 12.0 Å². The van der Waals surface area contributed by atoms with E-state index in [1.807, 2.05) is 13.1 Å². The molecule has 0 bridgehead atoms. The van der Waals surface area contributed by atoms with Gasteiger partial charge in [-0.3, -0.25) is 0 Å². The molecule has 1 atom stereocenters. The number of likely N-dealkylation sites (N-methyl/N-ethyl adjacent to an activating group) is 2. The Labute approximate surface area is 97.4 Å². The highest BCUT2D eigenvalue weighted by Crippen LogP contribution is 2.32. The number of aryl methyl sites for hydroxylation is 1. The zero-order valence-electron chi connectivity index (χ0n) is 10.3. The lowest BCUT2D eigenvalue weighted by Gasteiger charge is -2.36. The Morgan fingerprint density at radius 3 is 3.00 bits per heavy atom. The Hall–Kier alpha value is -1.22. The molecule has 0 fully saturated rings. The minimum absolute atomic E-state index is 0.588. The summed E-state index contributed by atoms with van der Waals surface area (Å²) in [5, 5.41) is 3.25. The van der Waals surface area contributed by atoms with Gasteiger partial charge in [0, 0.05) is 31.4 Å². The number of fused-ring (bicyclic) bond motifs is 1. The summed E-state index contributed by atoms with van der Waals surface area (Å²) in [4.78, 5) is 2.36. The van der Waals surface area contributed by atoms with Gasteiger partial charge in [0.05, 0.1) is 7.11 Å². The second-order valence-electron chi connectivity index (χ2n) is 4.36. The van der Waals surface area contributed by atoms with Crippen molar-refractivity contribution in [3.63, 3.8) is 0 Å². The van der Waals surface area contributed by atoms with Crippen molar-refractivity contribution in [2.24, 2.45) is 0 Å². The molecule has 0 radical (unpaired) electrons. The number of rotatable bonds is 3. The molecule has 2 rings (SSSR count). The Morgan fingerprint density at radius 1 is 1.50 bits per heavy atom. The van der Waals surface area contributed by atoms with Crippen LogP contribution in [-0.4, -0.2) is 33.8 Å². The fourth-order valence-electron chi connectivity index (χ4n) is 2.40. The number of benzene rings is 1. The first-order valence-electron chi connectivity index (χ1n) is 5.80. The monoisotopic (exact) mass is 220 g/mol. The third kappa shape index (κ3) is 2.00. The minimum atomic E-state index is 0.588. The summed E-state index contributed by atoms with van der Waals surface area (Å²) < 4.78 is 5.28. The van der Waals surface area contributed by atoms with E-state index >= 15 is 0 Å². The maximum absolute atomic E-state index is 5.28. The van der Waals surface area contributed by atoms with Gasteiger partial charge in [-0.25, -0.2) is 0 Å². The summed E-state index contributed by atoms with van der Waals surface area (Å²) in [6, 6.07) is 6.95. The van der Waals surface area contributed by atoms with Gasteiger partial charge in [0.1, 0.15) is 5.75 Å². The van der Waals surface area contributed by atoms with E-state index in [-0.39, 0.29) is 0 Å². The van der Waals surface area contributed by atoms with Crippen molar-refractivity contribution < 1.29 is 4.74 Å². The first-order chi connectivity index (χ1) is 7.76. The van der Waals surface area contributed by atoms with Crippen molar-refractivity contribution in [3.8, 4) is 5.75 Å². The fourth-order valence-corrected chi connectivity index (χ4v) is 2.40. The lowest BCUT2D eigenvalue weighted by atomic mass is 9.96. The summed E-state index contributed by atoms with van der Waals surface area (Å²) in [5.74, 6) is 0.940. The Morgan fingerprint density at radius 2 is 2.31 bits per heavy atom. The first-order valence-corrected chi connectivity index (χ1v) is 5.80. The van der Waals surface area contributed by atoms with Gasteiger partial charge in [-0.05, 0) is 31.5 Å². The largest absolute Gasteiger partial charge is 0.497 e. The quantitative estimate of drug-likeness (QED) is 0.838. The number of nitrogens with zero attached hydrogens (tertiary/aromatic N) is 1. The van der Waals surface area contributed by atoms with Gasteiger partial charge >= 0.3 is 0 Å². The maximum atomic E-state index is 5.28. The molecule has 0 amide bonds. The highest BCUT2D eigenvalue weighted by molar-refractivity contribution is 5.59. The van der Waals surface area contributed by atoms with E-state index in [0.717, 1.165) is 18.7 Å². The molecule has 0 saturated heterocycles. The van der Waals surface area contributed by atoms with Crippen molar-refractivity contribution in [1.29, 1.82) is 0 Å². The topological polar surface area (TPSA) is 24.5 Å². The number of hydrogen-bond donors (Lipinski definition) is 1. The minimum Gasteiger partial charge on any atom is -0.497 e. The van der Waals surface area contributed by atoms with E-state index in [1.54, 1.807) is 7.11 Å². The van der Waals surface area contributed by atoms with E-state index in [2.05, 4.69) is 29.4 Å². The molecule has 1 heterocycles. The van der Waals surface area contributed by atoms with Gasteiger partial charge in [0.15, 0.2) is 0 Å². The molecule has 3 heteroatoms. The summed E-state index contributed by atoms with van der Waals surface area (Å²) in [6.07, 6.45) is 2.38. The summed E-state index contributed by atoms with van der Waals surface area (Å²) in [5.41, 5.74) is 2.74. The molecule has 0 aliphatic carbocycles. The number of anilines is 1. The van der Waals surface area contributed by atoms with Crippen LogP contribution in [0.4, 0.5) is 5.69 Å². The SMILES string of the molecule is CNCC1CCc2ccc(OC)cc2N1C. The fraction of sp³-hybridized carbons (Fsp3) is 0.538. The van der Waals surface area contributed by atoms with Gasteiger partial charge in [0.25, 0.3) is 0 Å². The smallest absolute Gasteiger partial charge is 0.120 e. The number of ether oxygens (including phenoxy) is 1. The molecular formula is C13H20N2O. The number of nitrogens with one attached hydrogen (secondary N) is 1. The van der Waals surface area contributed by atoms with Crippen LogP contribution >= 0.6 is 0 Å². The van der Waals surface area contributed by atoms with Crippen molar-refractivity contribution in [2.75, 3.05) is 32.6 Å². The molecule has 1 N–H and O–H groups in total. The van der Waals surface area contributed by atoms with Gasteiger partial charge in [-0.2, -0.15) is 0 Å². The molecule has 16 heavy (non-hydrogen) atoms. The first kappa shape index (κ1) is 11.3. The summed E-state index contributed by atoms with van der Waals surface area (Å²) in [6.45, 7) is 1.03. The van der Waals surface area contributed by atoms with Crippen molar-refractivity contribution in [2.45, 2.75) is 18.9 Å². The van der Waals surface area contributed by atoms with Crippen LogP contribution in [0.5, 0.6) is 5.75 Å². The van der Waals surface area contributed by atoms with Crippen molar-refractivity contribution in [3.05, 3.63) is 23.8 Å². The van der Waals surface area contributed by atoms with Crippen LogP contribution in [0.3, 0.4) is 0 Å². The molecule has 1 aliphatic heterocycles. The lowest BCUT2D eigenvalue weighted by molar-refractivity contribution is 0.414. The van der Waals surface area contributed by atoms with Gasteiger partial charge in [0.2, 0.25) is 0 Å². The van der Waals surface area contributed by atoms with E-state index in [0.29, 0.717) is 6.04 Å². The molecule has 0 saturated carbocycles. The average molecular weight is 220 g/mol. The third-order valence-corrected chi connectivity index (χ3v) is 3.41. The number of methoxy groups -OCH3 is 1. The lowest BCUT2D eigenvalue weighted by Crippen LogP contribution is -2.42. The van der Waals surface area contributed by atoms with Crippen LogP contribution in [0.2, 0.25) is 0 Å². The predicted molar refractivity (Wildman–Crippen MR) is 67.4 cm³/mol. The summed E-state index contributed by atoms with van der Waals surface area (Å²) >= 11 is 0. The highest BCUT2D eigenvalue weighted by atomic mass is 16.5. The predicted octanol–water partition coefficient (Wildman–Crippen LogP) is 1.67. The Bertz CT molecular complexity index is 365. The van der Waals surface area contributed by atoms with Crippen LogP contribution in [-0.2, 0) is 6.42 Å². The van der Waals surface area contributed by atoms with Crippen LogP contribution in [0.15, 0.2) is 18.2 Å².